The van der Waals surface area contributed by atoms with Crippen molar-refractivity contribution in [1.29, 1.82) is 0 Å². The van der Waals surface area contributed by atoms with E-state index < -0.39 is 0 Å². The summed E-state index contributed by atoms with van der Waals surface area (Å²) in [7, 11) is 0. The zero-order valence-corrected chi connectivity index (χ0v) is 36.5. The molecule has 0 aliphatic carbocycles. The zero-order valence-electron chi connectivity index (χ0n) is 36.5. The van der Waals surface area contributed by atoms with Gasteiger partial charge in [0.05, 0.1) is 0 Å². The third-order valence-corrected chi connectivity index (χ3v) is 11.3. The van der Waals surface area contributed by atoms with Crippen LogP contribution >= 0.6 is 0 Å². The maximum atomic E-state index is 4.95. The van der Waals surface area contributed by atoms with E-state index in [1.54, 1.807) is 0 Å². The Balaban J connectivity index is 1.41. The van der Waals surface area contributed by atoms with E-state index in [1.807, 2.05) is 0 Å². The number of aromatic nitrogens is 4. The van der Waals surface area contributed by atoms with E-state index in [0.29, 0.717) is 11.6 Å². The second kappa shape index (κ2) is 15.2. The Morgan fingerprint density at radius 3 is 0.621 bits per heavy atom. The van der Waals surface area contributed by atoms with Gasteiger partial charge < -0.3 is 0 Å². The number of hydrogen-bond donors (Lipinski definition) is 0. The van der Waals surface area contributed by atoms with Crippen LogP contribution in [0.5, 0.6) is 0 Å². The normalized spacial score (nSPS) is 12.5. The third-order valence-electron chi connectivity index (χ3n) is 11.3. The van der Waals surface area contributed by atoms with E-state index in [0.717, 1.165) is 55.6 Å². The molecule has 0 saturated carbocycles. The van der Waals surface area contributed by atoms with Crippen LogP contribution in [-0.2, 0) is 21.7 Å². The van der Waals surface area contributed by atoms with Crippen molar-refractivity contribution >= 4 is 0 Å². The molecule has 7 aromatic rings. The molecule has 0 aliphatic heterocycles. The van der Waals surface area contributed by atoms with Gasteiger partial charge in [-0.05, 0) is 88.4 Å². The summed E-state index contributed by atoms with van der Waals surface area (Å²) in [5.74, 6) is 0.967. The molecule has 0 spiro atoms. The molecule has 1 aromatic heterocycles. The molecule has 294 valence electrons. The monoisotopic (exact) mass is 762 g/mol. The van der Waals surface area contributed by atoms with Gasteiger partial charge >= 0.3 is 0 Å². The highest BCUT2D eigenvalue weighted by Crippen LogP contribution is 2.42. The summed E-state index contributed by atoms with van der Waals surface area (Å²) in [5.41, 5.74) is 15.6. The molecular formula is C54H58N4. The molecule has 6 aromatic carbocycles. The van der Waals surface area contributed by atoms with E-state index in [2.05, 4.69) is 217 Å². The van der Waals surface area contributed by atoms with E-state index in [1.165, 1.54) is 22.3 Å². The lowest BCUT2D eigenvalue weighted by Crippen LogP contribution is -2.10. The molecule has 4 heteroatoms. The first-order valence-electron chi connectivity index (χ1n) is 20.6. The van der Waals surface area contributed by atoms with Gasteiger partial charge in [-0.15, -0.1) is 20.4 Å². The molecule has 7 rings (SSSR count). The Labute approximate surface area is 346 Å². The lowest BCUT2D eigenvalue weighted by molar-refractivity contribution is 0.590. The van der Waals surface area contributed by atoms with Gasteiger partial charge in [-0.2, -0.15) is 0 Å². The predicted molar refractivity (Wildman–Crippen MR) is 245 cm³/mol. The lowest BCUT2D eigenvalue weighted by atomic mass is 9.84. The minimum atomic E-state index is 0.0448. The summed E-state index contributed by atoms with van der Waals surface area (Å²) in [6.45, 7) is 26.9. The van der Waals surface area contributed by atoms with Crippen LogP contribution < -0.4 is 0 Å². The van der Waals surface area contributed by atoms with E-state index in [4.69, 9.17) is 20.4 Å². The molecule has 0 unspecified atom stereocenters. The van der Waals surface area contributed by atoms with Crippen molar-refractivity contribution in [3.63, 3.8) is 0 Å². The second-order valence-corrected chi connectivity index (χ2v) is 19.8. The summed E-state index contributed by atoms with van der Waals surface area (Å²) in [6, 6.07) is 48.3. The molecule has 0 N–H and O–H groups in total. The Morgan fingerprint density at radius 1 is 0.259 bits per heavy atom. The molecule has 0 bridgehead atoms. The molecule has 58 heavy (non-hydrogen) atoms. The highest BCUT2D eigenvalue weighted by atomic mass is 15.3. The smallest absolute Gasteiger partial charge is 0.126 e. The number of hydrogen-bond acceptors (Lipinski definition) is 4. The quantitative estimate of drug-likeness (QED) is 0.169. The van der Waals surface area contributed by atoms with Crippen molar-refractivity contribution in [2.45, 2.75) is 105 Å². The number of benzene rings is 6. The van der Waals surface area contributed by atoms with Crippen molar-refractivity contribution in [3.8, 4) is 67.3 Å². The van der Waals surface area contributed by atoms with Crippen molar-refractivity contribution in [2.75, 3.05) is 0 Å². The maximum absolute atomic E-state index is 4.95. The van der Waals surface area contributed by atoms with E-state index >= 15 is 0 Å². The van der Waals surface area contributed by atoms with E-state index in [-0.39, 0.29) is 21.7 Å². The summed E-state index contributed by atoms with van der Waals surface area (Å²) >= 11 is 0. The van der Waals surface area contributed by atoms with Gasteiger partial charge in [-0.25, -0.2) is 0 Å². The molecule has 0 radical (unpaired) electrons. The van der Waals surface area contributed by atoms with Gasteiger partial charge in [0.2, 0.25) is 11.6 Å². The zero-order chi connectivity index (χ0) is 41.6. The van der Waals surface area contributed by atoms with Crippen LogP contribution in [0.3, 0.4) is 0 Å². The Hall–Kier alpha value is -5.74. The number of nitrogens with zero attached hydrogens (tertiary/aromatic N) is 4. The average Bonchev–Trinajstić information content (AvgIpc) is 3.19. The largest absolute Gasteiger partial charge is 0.204 e. The van der Waals surface area contributed by atoms with Gasteiger partial charge in [0.15, 0.2) is 0 Å². The average molecular weight is 763 g/mol. The molecule has 0 fully saturated rings. The van der Waals surface area contributed by atoms with Gasteiger partial charge in [0.25, 0.3) is 0 Å². The van der Waals surface area contributed by atoms with Crippen LogP contribution in [-0.4, -0.2) is 20.4 Å². The van der Waals surface area contributed by atoms with E-state index in [9.17, 15) is 0 Å². The van der Waals surface area contributed by atoms with Gasteiger partial charge in [0, 0.05) is 11.1 Å². The standard InChI is InChI=1S/C54H58N4/c1-51(2,3)39-27-19-35(20-28-39)43-15-13-16-44(36-21-29-40(30-22-36)52(4,5)6)47(43)49-55-57-50(58-56-49)48-45(37-23-31-41(32-24-37)53(7,8)9)17-14-18-46(48)38-25-33-42(34-26-38)54(10,11)12/h13-34H,1-12H3. The first-order valence-corrected chi connectivity index (χ1v) is 20.6. The van der Waals surface area contributed by atoms with Crippen molar-refractivity contribution < 1.29 is 0 Å². The van der Waals surface area contributed by atoms with Crippen LogP contribution in [0.2, 0.25) is 0 Å². The van der Waals surface area contributed by atoms with Gasteiger partial charge in [-0.3, -0.25) is 0 Å². The van der Waals surface area contributed by atoms with Crippen LogP contribution in [0, 0.1) is 0 Å². The summed E-state index contributed by atoms with van der Waals surface area (Å²) < 4.78 is 0. The molecule has 1 heterocycles. The fraction of sp³-hybridized carbons (Fsp3) is 0.296. The fourth-order valence-electron chi connectivity index (χ4n) is 7.58. The summed E-state index contributed by atoms with van der Waals surface area (Å²) in [5, 5.41) is 19.8. The number of rotatable bonds is 6. The molecule has 4 nitrogen and oxygen atoms in total. The first kappa shape index (κ1) is 40.5. The second-order valence-electron chi connectivity index (χ2n) is 19.8. The first-order chi connectivity index (χ1) is 27.3. The van der Waals surface area contributed by atoms with Gasteiger partial charge in [0.1, 0.15) is 0 Å². The third kappa shape index (κ3) is 8.43. The molecule has 0 aliphatic rings. The SMILES string of the molecule is CC(C)(C)c1ccc(-c2cccc(-c3ccc(C(C)(C)C)cc3)c2-c2nnc(-c3c(-c4ccc(C(C)(C)C)cc4)cccc3-c3ccc(C(C)(C)C)cc3)nn2)cc1. The van der Waals surface area contributed by atoms with Crippen molar-refractivity contribution in [1.82, 2.24) is 20.4 Å². The summed E-state index contributed by atoms with van der Waals surface area (Å²) in [4.78, 5) is 0. The highest BCUT2D eigenvalue weighted by Gasteiger charge is 2.24. The lowest BCUT2D eigenvalue weighted by Gasteiger charge is -2.21. The van der Waals surface area contributed by atoms with Crippen molar-refractivity contribution in [2.24, 2.45) is 0 Å². The molecular weight excluding hydrogens is 705 g/mol. The van der Waals surface area contributed by atoms with Crippen LogP contribution in [0.1, 0.15) is 105 Å². The Morgan fingerprint density at radius 2 is 0.448 bits per heavy atom. The minimum absolute atomic E-state index is 0.0448. The molecule has 0 atom stereocenters. The van der Waals surface area contributed by atoms with Crippen molar-refractivity contribution in [3.05, 3.63) is 156 Å². The Kier molecular flexibility index (Phi) is 10.6. The van der Waals surface area contributed by atoms with Crippen LogP contribution in [0.15, 0.2) is 133 Å². The van der Waals surface area contributed by atoms with Gasteiger partial charge in [-0.1, -0.05) is 217 Å². The molecule has 0 amide bonds. The highest BCUT2D eigenvalue weighted by molar-refractivity contribution is 5.94. The minimum Gasteiger partial charge on any atom is -0.126 e. The maximum Gasteiger partial charge on any atom is 0.204 e. The molecule has 0 saturated heterocycles. The fourth-order valence-corrected chi connectivity index (χ4v) is 7.58. The van der Waals surface area contributed by atoms with Crippen LogP contribution in [0.4, 0.5) is 0 Å². The predicted octanol–water partition coefficient (Wildman–Crippen LogP) is 14.5. The Bertz CT molecular complexity index is 2180. The topological polar surface area (TPSA) is 51.6 Å². The summed E-state index contributed by atoms with van der Waals surface area (Å²) in [6.07, 6.45) is 0. The van der Waals surface area contributed by atoms with Crippen LogP contribution in [0.25, 0.3) is 67.3 Å².